The van der Waals surface area contributed by atoms with E-state index in [9.17, 15) is 4.79 Å². The summed E-state index contributed by atoms with van der Waals surface area (Å²) in [7, 11) is 1.76. The van der Waals surface area contributed by atoms with Gasteiger partial charge in [0.1, 0.15) is 5.76 Å². The molecule has 0 fully saturated rings. The van der Waals surface area contributed by atoms with Gasteiger partial charge in [-0.25, -0.2) is 4.98 Å². The first-order valence-electron chi connectivity index (χ1n) is 7.32. The molecule has 0 atom stereocenters. The fraction of sp³-hybridized carbons (Fsp3) is 0.176. The van der Waals surface area contributed by atoms with Crippen LogP contribution in [-0.4, -0.2) is 33.2 Å². The minimum absolute atomic E-state index is 0.0112. The number of hydrogen-bond donors (Lipinski definition) is 0. The first kappa shape index (κ1) is 16.7. The van der Waals surface area contributed by atoms with Crippen LogP contribution in [0.4, 0.5) is 0 Å². The zero-order chi connectivity index (χ0) is 16.9. The van der Waals surface area contributed by atoms with E-state index in [0.717, 1.165) is 16.6 Å². The standard InChI is InChI=1S/C17H16ClN3O2S/c1-20(11-15-6-3-9-23-15)16(22)12-24-17-19-7-8-21(17)14-5-2-4-13(18)10-14/h2-10H,11-12H2,1H3. The quantitative estimate of drug-likeness (QED) is 0.625. The van der Waals surface area contributed by atoms with Crippen molar-refractivity contribution in [2.45, 2.75) is 11.7 Å². The van der Waals surface area contributed by atoms with E-state index in [1.807, 2.05) is 47.2 Å². The second-order valence-electron chi connectivity index (χ2n) is 5.18. The highest BCUT2D eigenvalue weighted by Gasteiger charge is 2.14. The smallest absolute Gasteiger partial charge is 0.233 e. The highest BCUT2D eigenvalue weighted by Crippen LogP contribution is 2.22. The number of carbonyl (C=O) groups is 1. The molecule has 5 nitrogen and oxygen atoms in total. The Bertz CT molecular complexity index is 817. The maximum Gasteiger partial charge on any atom is 0.233 e. The fourth-order valence-electron chi connectivity index (χ4n) is 2.18. The Morgan fingerprint density at radius 2 is 2.25 bits per heavy atom. The Labute approximate surface area is 149 Å². The molecule has 0 bridgehead atoms. The third-order valence-electron chi connectivity index (χ3n) is 3.42. The van der Waals surface area contributed by atoms with E-state index in [2.05, 4.69) is 4.98 Å². The van der Waals surface area contributed by atoms with Crippen molar-refractivity contribution in [1.29, 1.82) is 0 Å². The van der Waals surface area contributed by atoms with Crippen LogP contribution in [0.1, 0.15) is 5.76 Å². The minimum atomic E-state index is 0.0112. The van der Waals surface area contributed by atoms with Gasteiger partial charge < -0.3 is 9.32 Å². The Morgan fingerprint density at radius 1 is 1.38 bits per heavy atom. The van der Waals surface area contributed by atoms with Crippen LogP contribution in [0.5, 0.6) is 0 Å². The molecule has 0 saturated heterocycles. The molecule has 0 aliphatic heterocycles. The van der Waals surface area contributed by atoms with Crippen molar-refractivity contribution in [3.63, 3.8) is 0 Å². The topological polar surface area (TPSA) is 51.3 Å². The predicted molar refractivity (Wildman–Crippen MR) is 94.5 cm³/mol. The van der Waals surface area contributed by atoms with Crippen molar-refractivity contribution >= 4 is 29.3 Å². The second-order valence-corrected chi connectivity index (χ2v) is 6.56. The molecule has 0 radical (unpaired) electrons. The summed E-state index contributed by atoms with van der Waals surface area (Å²) < 4.78 is 7.18. The number of furan rings is 1. The maximum absolute atomic E-state index is 12.3. The Morgan fingerprint density at radius 3 is 3.00 bits per heavy atom. The summed E-state index contributed by atoms with van der Waals surface area (Å²) in [6.07, 6.45) is 5.16. The molecular weight excluding hydrogens is 346 g/mol. The van der Waals surface area contributed by atoms with Crippen molar-refractivity contribution in [1.82, 2.24) is 14.5 Å². The van der Waals surface area contributed by atoms with Crippen molar-refractivity contribution < 1.29 is 9.21 Å². The summed E-state index contributed by atoms with van der Waals surface area (Å²) in [5.41, 5.74) is 0.916. The summed E-state index contributed by atoms with van der Waals surface area (Å²) in [6.45, 7) is 0.453. The van der Waals surface area contributed by atoms with Gasteiger partial charge in [0.05, 0.1) is 18.6 Å². The molecule has 2 aromatic heterocycles. The molecule has 0 aliphatic rings. The molecule has 1 amide bonds. The molecule has 124 valence electrons. The summed E-state index contributed by atoms with van der Waals surface area (Å²) in [5, 5.41) is 1.41. The van der Waals surface area contributed by atoms with Crippen molar-refractivity contribution in [3.8, 4) is 5.69 Å². The molecule has 0 unspecified atom stereocenters. The monoisotopic (exact) mass is 361 g/mol. The van der Waals surface area contributed by atoms with Gasteiger partial charge in [-0.3, -0.25) is 9.36 Å². The SMILES string of the molecule is CN(Cc1ccco1)C(=O)CSc1nccn1-c1cccc(Cl)c1. The van der Waals surface area contributed by atoms with Crippen LogP contribution >= 0.6 is 23.4 Å². The van der Waals surface area contributed by atoms with E-state index in [1.54, 1.807) is 24.4 Å². The molecule has 7 heteroatoms. The molecule has 0 spiro atoms. The Hall–Kier alpha value is -2.18. The number of benzene rings is 1. The summed E-state index contributed by atoms with van der Waals surface area (Å²) in [6, 6.07) is 11.2. The number of thioether (sulfide) groups is 1. The summed E-state index contributed by atoms with van der Waals surface area (Å²) in [5.74, 6) is 1.07. The Balaban J connectivity index is 1.63. The number of carbonyl (C=O) groups excluding carboxylic acids is 1. The van der Waals surface area contributed by atoms with Gasteiger partial charge in [0.15, 0.2) is 5.16 Å². The van der Waals surface area contributed by atoms with E-state index in [1.165, 1.54) is 11.8 Å². The average molecular weight is 362 g/mol. The van der Waals surface area contributed by atoms with Crippen LogP contribution in [0.2, 0.25) is 5.02 Å². The van der Waals surface area contributed by atoms with Gasteiger partial charge in [0, 0.05) is 30.2 Å². The van der Waals surface area contributed by atoms with E-state index >= 15 is 0 Å². The summed E-state index contributed by atoms with van der Waals surface area (Å²) >= 11 is 7.43. The number of rotatable bonds is 6. The lowest BCUT2D eigenvalue weighted by atomic mass is 10.3. The fourth-order valence-corrected chi connectivity index (χ4v) is 3.28. The first-order chi connectivity index (χ1) is 11.6. The lowest BCUT2D eigenvalue weighted by Crippen LogP contribution is -2.27. The summed E-state index contributed by atoms with van der Waals surface area (Å²) in [4.78, 5) is 18.2. The second kappa shape index (κ2) is 7.59. The molecule has 1 aromatic carbocycles. The molecule has 2 heterocycles. The predicted octanol–water partition coefficient (Wildman–Crippen LogP) is 3.87. The highest BCUT2D eigenvalue weighted by atomic mass is 35.5. The van der Waals surface area contributed by atoms with Gasteiger partial charge >= 0.3 is 0 Å². The average Bonchev–Trinajstić information content (AvgIpc) is 3.23. The first-order valence-corrected chi connectivity index (χ1v) is 8.68. The van der Waals surface area contributed by atoms with Crippen LogP contribution in [0.3, 0.4) is 0 Å². The third kappa shape index (κ3) is 4.01. The van der Waals surface area contributed by atoms with Gasteiger partial charge in [-0.15, -0.1) is 0 Å². The van der Waals surface area contributed by atoms with Crippen molar-refractivity contribution in [3.05, 3.63) is 65.8 Å². The number of halogens is 1. The molecule has 0 saturated carbocycles. The lowest BCUT2D eigenvalue weighted by Gasteiger charge is -2.15. The van der Waals surface area contributed by atoms with Crippen LogP contribution in [0.25, 0.3) is 5.69 Å². The molecule has 3 aromatic rings. The number of amides is 1. The van der Waals surface area contributed by atoms with Gasteiger partial charge in [0.2, 0.25) is 5.91 Å². The number of aromatic nitrogens is 2. The maximum atomic E-state index is 12.3. The van der Waals surface area contributed by atoms with Crippen molar-refractivity contribution in [2.75, 3.05) is 12.8 Å². The zero-order valence-corrected chi connectivity index (χ0v) is 14.6. The van der Waals surface area contributed by atoms with Gasteiger partial charge in [-0.1, -0.05) is 29.4 Å². The van der Waals surface area contributed by atoms with Gasteiger partial charge in [-0.05, 0) is 30.3 Å². The molecule has 0 N–H and O–H groups in total. The molecule has 0 aliphatic carbocycles. The lowest BCUT2D eigenvalue weighted by molar-refractivity contribution is -0.127. The number of hydrogen-bond acceptors (Lipinski definition) is 4. The number of nitrogens with zero attached hydrogens (tertiary/aromatic N) is 3. The van der Waals surface area contributed by atoms with E-state index in [4.69, 9.17) is 16.0 Å². The van der Waals surface area contributed by atoms with Gasteiger partial charge in [-0.2, -0.15) is 0 Å². The third-order valence-corrected chi connectivity index (χ3v) is 4.60. The molecule has 3 rings (SSSR count). The van der Waals surface area contributed by atoms with E-state index < -0.39 is 0 Å². The van der Waals surface area contributed by atoms with Crippen LogP contribution in [-0.2, 0) is 11.3 Å². The Kier molecular flexibility index (Phi) is 5.27. The zero-order valence-electron chi connectivity index (χ0n) is 13.1. The van der Waals surface area contributed by atoms with E-state index in [-0.39, 0.29) is 5.91 Å². The van der Waals surface area contributed by atoms with Gasteiger partial charge in [0.25, 0.3) is 0 Å². The van der Waals surface area contributed by atoms with Crippen molar-refractivity contribution in [2.24, 2.45) is 0 Å². The van der Waals surface area contributed by atoms with Crippen LogP contribution < -0.4 is 0 Å². The minimum Gasteiger partial charge on any atom is -0.467 e. The molecular formula is C17H16ClN3O2S. The number of imidazole rings is 1. The largest absolute Gasteiger partial charge is 0.467 e. The van der Waals surface area contributed by atoms with Crippen LogP contribution in [0, 0.1) is 0 Å². The van der Waals surface area contributed by atoms with E-state index in [0.29, 0.717) is 17.3 Å². The molecule has 24 heavy (non-hydrogen) atoms. The highest BCUT2D eigenvalue weighted by molar-refractivity contribution is 7.99. The van der Waals surface area contributed by atoms with Crippen LogP contribution in [0.15, 0.2) is 64.6 Å². The normalized spacial score (nSPS) is 10.8.